The first-order valence-corrected chi connectivity index (χ1v) is 8.07. The van der Waals surface area contributed by atoms with Crippen molar-refractivity contribution < 1.29 is 9.84 Å². The van der Waals surface area contributed by atoms with E-state index in [1.807, 2.05) is 32.2 Å². The number of methoxy groups -OCH3 is 1. The molecule has 0 spiro atoms. The minimum absolute atomic E-state index is 0.176. The molecule has 1 aromatic heterocycles. The molecule has 1 N–H and O–H groups in total. The summed E-state index contributed by atoms with van der Waals surface area (Å²) in [4.78, 5) is 2.27. The summed E-state index contributed by atoms with van der Waals surface area (Å²) < 4.78 is 7.23. The maximum atomic E-state index is 9.16. The highest BCUT2D eigenvalue weighted by Gasteiger charge is 2.17. The largest absolute Gasteiger partial charge is 0.481 e. The van der Waals surface area contributed by atoms with Gasteiger partial charge >= 0.3 is 0 Å². The van der Waals surface area contributed by atoms with Crippen LogP contribution in [-0.2, 0) is 20.1 Å². The fourth-order valence-electron chi connectivity index (χ4n) is 2.74. The lowest BCUT2D eigenvalue weighted by atomic mass is 10.1. The number of benzene rings is 1. The lowest BCUT2D eigenvalue weighted by Crippen LogP contribution is -2.25. The Morgan fingerprint density at radius 3 is 2.78 bits per heavy atom. The van der Waals surface area contributed by atoms with Gasteiger partial charge in [0.05, 0.1) is 18.4 Å². The van der Waals surface area contributed by atoms with E-state index in [1.165, 1.54) is 0 Å². The average molecular weight is 338 g/mol. The molecule has 0 atom stereocenters. The van der Waals surface area contributed by atoms with Crippen LogP contribution in [0.4, 0.5) is 0 Å². The van der Waals surface area contributed by atoms with Crippen molar-refractivity contribution in [1.29, 1.82) is 0 Å². The zero-order chi connectivity index (χ0) is 16.8. The Morgan fingerprint density at radius 2 is 2.13 bits per heavy atom. The Bertz CT molecular complexity index is 643. The van der Waals surface area contributed by atoms with Gasteiger partial charge in [-0.2, -0.15) is 5.10 Å². The molecule has 0 aliphatic rings. The van der Waals surface area contributed by atoms with Gasteiger partial charge in [-0.1, -0.05) is 23.7 Å². The van der Waals surface area contributed by atoms with E-state index in [0.717, 1.165) is 53.8 Å². The molecular formula is C17H24ClN3O2. The minimum Gasteiger partial charge on any atom is -0.481 e. The molecule has 0 saturated heterocycles. The summed E-state index contributed by atoms with van der Waals surface area (Å²) in [5.41, 5.74) is 3.19. The van der Waals surface area contributed by atoms with E-state index in [1.54, 1.807) is 11.8 Å². The zero-order valence-corrected chi connectivity index (χ0v) is 14.7. The van der Waals surface area contributed by atoms with Gasteiger partial charge in [-0.25, -0.2) is 4.68 Å². The van der Waals surface area contributed by atoms with Crippen LogP contribution >= 0.6 is 11.6 Å². The summed E-state index contributed by atoms with van der Waals surface area (Å²) in [6.07, 6.45) is 0.724. The molecule has 2 rings (SSSR count). The number of aromatic nitrogens is 2. The van der Waals surface area contributed by atoms with E-state index in [9.17, 15) is 0 Å². The molecule has 0 bridgehead atoms. The van der Waals surface area contributed by atoms with Crippen molar-refractivity contribution >= 4 is 11.6 Å². The first kappa shape index (κ1) is 17.8. The Morgan fingerprint density at radius 1 is 1.35 bits per heavy atom. The first-order valence-electron chi connectivity index (χ1n) is 7.69. The summed E-state index contributed by atoms with van der Waals surface area (Å²) in [6, 6.07) is 7.86. The van der Waals surface area contributed by atoms with E-state index in [0.29, 0.717) is 0 Å². The predicted octanol–water partition coefficient (Wildman–Crippen LogP) is 2.78. The molecule has 0 fully saturated rings. The molecule has 0 saturated carbocycles. The second kappa shape index (κ2) is 8.34. The highest BCUT2D eigenvalue weighted by atomic mass is 35.5. The fourth-order valence-corrected chi connectivity index (χ4v) is 2.96. The Hall–Kier alpha value is -1.56. The molecule has 1 aromatic carbocycles. The highest BCUT2D eigenvalue weighted by molar-refractivity contribution is 6.30. The standard InChI is InChI=1S/C17H24ClN3O2/c1-13-16(17(23-3)20(2)19-13)12-21(8-5-9-22)11-14-6-4-7-15(18)10-14/h4,6-7,10,22H,5,8-9,11-12H2,1-3H3. The van der Waals surface area contributed by atoms with Gasteiger partial charge in [0.25, 0.3) is 0 Å². The molecule has 0 aliphatic carbocycles. The number of aryl methyl sites for hydroxylation is 2. The molecule has 0 amide bonds. The van der Waals surface area contributed by atoms with Crippen LogP contribution in [0.1, 0.15) is 23.2 Å². The molecule has 1 heterocycles. The number of aliphatic hydroxyl groups excluding tert-OH is 1. The molecule has 0 aliphatic heterocycles. The molecule has 23 heavy (non-hydrogen) atoms. The van der Waals surface area contributed by atoms with E-state index in [-0.39, 0.29) is 6.61 Å². The smallest absolute Gasteiger partial charge is 0.216 e. The number of hydrogen-bond acceptors (Lipinski definition) is 4. The van der Waals surface area contributed by atoms with Crippen LogP contribution in [0.25, 0.3) is 0 Å². The van der Waals surface area contributed by atoms with Crippen LogP contribution < -0.4 is 4.74 Å². The predicted molar refractivity (Wildman–Crippen MR) is 91.8 cm³/mol. The van der Waals surface area contributed by atoms with Crippen molar-refractivity contribution in [2.75, 3.05) is 20.3 Å². The summed E-state index contributed by atoms with van der Waals surface area (Å²) in [5, 5.41) is 14.3. The van der Waals surface area contributed by atoms with Crippen LogP contribution in [0.2, 0.25) is 5.02 Å². The quantitative estimate of drug-likeness (QED) is 0.804. The maximum Gasteiger partial charge on any atom is 0.216 e. The maximum absolute atomic E-state index is 9.16. The number of ether oxygens (including phenoxy) is 1. The number of aliphatic hydroxyl groups is 1. The minimum atomic E-state index is 0.176. The summed E-state index contributed by atoms with van der Waals surface area (Å²) in [5.74, 6) is 0.780. The Labute approximate surface area is 142 Å². The van der Waals surface area contributed by atoms with Gasteiger partial charge in [0.15, 0.2) is 0 Å². The van der Waals surface area contributed by atoms with Crippen LogP contribution in [0.15, 0.2) is 24.3 Å². The number of halogens is 1. The average Bonchev–Trinajstić information content (AvgIpc) is 2.78. The molecular weight excluding hydrogens is 314 g/mol. The van der Waals surface area contributed by atoms with E-state index >= 15 is 0 Å². The molecule has 5 nitrogen and oxygen atoms in total. The first-order chi connectivity index (χ1) is 11.0. The third kappa shape index (κ3) is 4.70. The van der Waals surface area contributed by atoms with Gasteiger partial charge in [-0.15, -0.1) is 0 Å². The Kier molecular flexibility index (Phi) is 6.45. The Balaban J connectivity index is 2.18. The summed E-state index contributed by atoms with van der Waals surface area (Å²) >= 11 is 6.08. The van der Waals surface area contributed by atoms with Gasteiger partial charge in [-0.05, 0) is 31.0 Å². The molecule has 126 valence electrons. The van der Waals surface area contributed by atoms with Gasteiger partial charge < -0.3 is 9.84 Å². The molecule has 0 unspecified atom stereocenters. The van der Waals surface area contributed by atoms with Gasteiger partial charge in [0.2, 0.25) is 5.88 Å². The van der Waals surface area contributed by atoms with Gasteiger partial charge in [0, 0.05) is 38.3 Å². The lowest BCUT2D eigenvalue weighted by Gasteiger charge is -2.22. The highest BCUT2D eigenvalue weighted by Crippen LogP contribution is 2.24. The van der Waals surface area contributed by atoms with Gasteiger partial charge in [-0.3, -0.25) is 4.90 Å². The van der Waals surface area contributed by atoms with Crippen molar-refractivity contribution in [2.24, 2.45) is 7.05 Å². The number of rotatable bonds is 8. The van der Waals surface area contributed by atoms with Crippen molar-refractivity contribution in [3.8, 4) is 5.88 Å². The summed E-state index contributed by atoms with van der Waals surface area (Å²) in [6.45, 7) is 4.44. The number of hydrogen-bond donors (Lipinski definition) is 1. The third-order valence-corrected chi connectivity index (χ3v) is 4.03. The second-order valence-corrected chi connectivity index (χ2v) is 6.05. The van der Waals surface area contributed by atoms with Crippen LogP contribution in [-0.4, -0.2) is 40.0 Å². The van der Waals surface area contributed by atoms with Crippen LogP contribution in [0.3, 0.4) is 0 Å². The number of nitrogens with zero attached hydrogens (tertiary/aromatic N) is 3. The third-order valence-electron chi connectivity index (χ3n) is 3.79. The monoisotopic (exact) mass is 337 g/mol. The normalized spacial score (nSPS) is 11.2. The van der Waals surface area contributed by atoms with Crippen LogP contribution in [0, 0.1) is 6.92 Å². The van der Waals surface area contributed by atoms with Crippen molar-refractivity contribution in [2.45, 2.75) is 26.4 Å². The van der Waals surface area contributed by atoms with Crippen molar-refractivity contribution in [3.63, 3.8) is 0 Å². The molecule has 6 heteroatoms. The topological polar surface area (TPSA) is 50.5 Å². The van der Waals surface area contributed by atoms with Crippen molar-refractivity contribution in [3.05, 3.63) is 46.1 Å². The molecule has 2 aromatic rings. The van der Waals surface area contributed by atoms with Crippen LogP contribution in [0.5, 0.6) is 5.88 Å². The van der Waals surface area contributed by atoms with E-state index in [4.69, 9.17) is 21.4 Å². The lowest BCUT2D eigenvalue weighted by molar-refractivity contribution is 0.210. The molecule has 0 radical (unpaired) electrons. The SMILES string of the molecule is COc1c(CN(CCCO)Cc2cccc(Cl)c2)c(C)nn1C. The second-order valence-electron chi connectivity index (χ2n) is 5.61. The van der Waals surface area contributed by atoms with E-state index in [2.05, 4.69) is 16.1 Å². The van der Waals surface area contributed by atoms with Crippen molar-refractivity contribution in [1.82, 2.24) is 14.7 Å². The van der Waals surface area contributed by atoms with Gasteiger partial charge in [0.1, 0.15) is 0 Å². The van der Waals surface area contributed by atoms with E-state index < -0.39 is 0 Å². The summed E-state index contributed by atoms with van der Waals surface area (Å²) in [7, 11) is 3.54. The fraction of sp³-hybridized carbons (Fsp3) is 0.471. The zero-order valence-electron chi connectivity index (χ0n) is 13.9.